The van der Waals surface area contributed by atoms with Gasteiger partial charge < -0.3 is 5.11 Å². The summed E-state index contributed by atoms with van der Waals surface area (Å²) < 4.78 is 27.5. The van der Waals surface area contributed by atoms with Crippen molar-refractivity contribution in [2.45, 2.75) is 41.4 Å². The van der Waals surface area contributed by atoms with Crippen LogP contribution in [0.2, 0.25) is 0 Å². The lowest BCUT2D eigenvalue weighted by atomic mass is 10.1. The number of rotatable bonds is 6. The summed E-state index contributed by atoms with van der Waals surface area (Å²) in [5.74, 6) is -1.47. The molecule has 1 N–H and O–H groups in total. The van der Waals surface area contributed by atoms with Crippen LogP contribution >= 0.6 is 11.8 Å². The van der Waals surface area contributed by atoms with Gasteiger partial charge in [0.2, 0.25) is 10.0 Å². The molecule has 0 saturated heterocycles. The van der Waals surface area contributed by atoms with Crippen LogP contribution in [0.4, 0.5) is 0 Å². The first-order valence-electron chi connectivity index (χ1n) is 9.45. The molecule has 5 nitrogen and oxygen atoms in total. The second-order valence-electron chi connectivity index (χ2n) is 7.73. The molecule has 4 rings (SSSR count). The Kier molecular flexibility index (Phi) is 5.09. The molecule has 0 spiro atoms. The standard InChI is InChI=1S/C22H23NO4S2/c1-15-12-20(28-14-15)17-8-10-18(11-9-17)29(26,27)23(2)22(21(24)25)13-19(22)16-6-4-3-5-7-16/h3-11,14,19-20H,12-13H2,1-2H3,(H,24,25). The molecule has 152 valence electrons. The van der Waals surface area contributed by atoms with Gasteiger partial charge in [0.1, 0.15) is 5.54 Å². The number of sulfonamides is 1. The van der Waals surface area contributed by atoms with Crippen LogP contribution in [-0.4, -0.2) is 36.4 Å². The highest BCUT2D eigenvalue weighted by atomic mass is 32.2. The lowest BCUT2D eigenvalue weighted by Crippen LogP contribution is -2.45. The van der Waals surface area contributed by atoms with Crippen molar-refractivity contribution in [3.8, 4) is 0 Å². The first-order chi connectivity index (χ1) is 13.8. The van der Waals surface area contributed by atoms with Crippen molar-refractivity contribution in [1.82, 2.24) is 4.31 Å². The van der Waals surface area contributed by atoms with E-state index in [1.807, 2.05) is 42.5 Å². The summed E-state index contributed by atoms with van der Waals surface area (Å²) in [6, 6.07) is 16.1. The van der Waals surface area contributed by atoms with Gasteiger partial charge >= 0.3 is 5.97 Å². The molecule has 29 heavy (non-hydrogen) atoms. The number of carboxylic acids is 1. The Morgan fingerprint density at radius 1 is 1.10 bits per heavy atom. The molecule has 7 heteroatoms. The first-order valence-corrected chi connectivity index (χ1v) is 11.8. The molecule has 3 unspecified atom stereocenters. The molecule has 1 fully saturated rings. The Morgan fingerprint density at radius 2 is 1.76 bits per heavy atom. The number of likely N-dealkylation sites (N-methyl/N-ethyl adjacent to an activating group) is 1. The van der Waals surface area contributed by atoms with Gasteiger partial charge in [-0.1, -0.05) is 48.0 Å². The largest absolute Gasteiger partial charge is 0.480 e. The summed E-state index contributed by atoms with van der Waals surface area (Å²) in [6.45, 7) is 2.09. The van der Waals surface area contributed by atoms with Crippen LogP contribution in [0.15, 0.2) is 70.5 Å². The van der Waals surface area contributed by atoms with E-state index in [0.717, 1.165) is 21.9 Å². The molecule has 0 bridgehead atoms. The Hall–Kier alpha value is -2.09. The third-order valence-corrected chi connectivity index (χ3v) is 9.14. The molecule has 2 aromatic carbocycles. The summed E-state index contributed by atoms with van der Waals surface area (Å²) in [6.07, 6.45) is 1.22. The fourth-order valence-corrected chi connectivity index (χ4v) is 6.73. The summed E-state index contributed by atoms with van der Waals surface area (Å²) >= 11 is 1.74. The number of hydrogen-bond acceptors (Lipinski definition) is 4. The van der Waals surface area contributed by atoms with E-state index in [1.165, 1.54) is 12.6 Å². The van der Waals surface area contributed by atoms with E-state index in [9.17, 15) is 18.3 Å². The quantitative estimate of drug-likeness (QED) is 0.737. The molecule has 2 aliphatic rings. The maximum atomic E-state index is 13.2. The van der Waals surface area contributed by atoms with Gasteiger partial charge in [0.25, 0.3) is 0 Å². The van der Waals surface area contributed by atoms with Gasteiger partial charge in [0, 0.05) is 18.2 Å². The lowest BCUT2D eigenvalue weighted by Gasteiger charge is -2.25. The maximum Gasteiger partial charge on any atom is 0.325 e. The monoisotopic (exact) mass is 429 g/mol. The number of allylic oxidation sites excluding steroid dienone is 1. The van der Waals surface area contributed by atoms with Crippen LogP contribution in [0, 0.1) is 0 Å². The molecule has 1 heterocycles. The minimum atomic E-state index is -3.94. The van der Waals surface area contributed by atoms with Crippen LogP contribution in [-0.2, 0) is 14.8 Å². The van der Waals surface area contributed by atoms with Crippen LogP contribution in [0.25, 0.3) is 0 Å². The van der Waals surface area contributed by atoms with E-state index in [2.05, 4.69) is 12.3 Å². The zero-order valence-corrected chi connectivity index (χ0v) is 17.9. The van der Waals surface area contributed by atoms with Gasteiger partial charge in [0.15, 0.2) is 0 Å². The number of aliphatic carboxylic acids is 1. The normalized spacial score (nSPS) is 26.4. The number of hydrogen-bond donors (Lipinski definition) is 1. The van der Waals surface area contributed by atoms with Crippen molar-refractivity contribution in [2.24, 2.45) is 0 Å². The molecule has 1 aliphatic heterocycles. The second kappa shape index (κ2) is 7.31. The van der Waals surface area contributed by atoms with Crippen molar-refractivity contribution >= 4 is 27.8 Å². The number of carbonyl (C=O) groups is 1. The second-order valence-corrected chi connectivity index (χ2v) is 10.8. The minimum absolute atomic E-state index is 0.121. The molecule has 3 atom stereocenters. The van der Waals surface area contributed by atoms with E-state index in [0.29, 0.717) is 5.25 Å². The van der Waals surface area contributed by atoms with Crippen molar-refractivity contribution in [3.63, 3.8) is 0 Å². The SMILES string of the molecule is CC1=CSC(c2ccc(S(=O)(=O)N(C)C3(C(=O)O)CC3c3ccccc3)cc2)C1. The van der Waals surface area contributed by atoms with E-state index in [1.54, 1.807) is 23.9 Å². The van der Waals surface area contributed by atoms with E-state index < -0.39 is 21.5 Å². The minimum Gasteiger partial charge on any atom is -0.480 e. The van der Waals surface area contributed by atoms with E-state index >= 15 is 0 Å². The Labute approximate surface area is 175 Å². The predicted octanol–water partition coefficient (Wildman–Crippen LogP) is 4.40. The maximum absolute atomic E-state index is 13.2. The highest BCUT2D eigenvalue weighted by Crippen LogP contribution is 2.56. The number of benzene rings is 2. The molecule has 1 aliphatic carbocycles. The number of nitrogens with zero attached hydrogens (tertiary/aromatic N) is 1. The third-order valence-electron chi connectivity index (χ3n) is 5.92. The van der Waals surface area contributed by atoms with Crippen LogP contribution in [0.3, 0.4) is 0 Å². The van der Waals surface area contributed by atoms with E-state index in [-0.39, 0.29) is 17.2 Å². The summed E-state index contributed by atoms with van der Waals surface area (Å²) in [5.41, 5.74) is 1.79. The first kappa shape index (κ1) is 20.2. The fraction of sp³-hybridized carbons (Fsp3) is 0.318. The summed E-state index contributed by atoms with van der Waals surface area (Å²) in [5, 5.41) is 12.4. The highest BCUT2D eigenvalue weighted by Gasteiger charge is 2.66. The van der Waals surface area contributed by atoms with Gasteiger partial charge in [-0.25, -0.2) is 8.42 Å². The Balaban J connectivity index is 1.60. The highest BCUT2D eigenvalue weighted by molar-refractivity contribution is 8.02. The number of carboxylic acid groups (broad SMARTS) is 1. The molecule has 0 aromatic heterocycles. The summed E-state index contributed by atoms with van der Waals surface area (Å²) in [7, 11) is -2.56. The molecule has 1 saturated carbocycles. The zero-order valence-electron chi connectivity index (χ0n) is 16.3. The Morgan fingerprint density at radius 3 is 2.31 bits per heavy atom. The molecule has 0 amide bonds. The average molecular weight is 430 g/mol. The van der Waals surface area contributed by atoms with Crippen LogP contribution in [0.1, 0.15) is 42.1 Å². The molecule has 0 radical (unpaired) electrons. The zero-order chi connectivity index (χ0) is 20.8. The molecular formula is C22H23NO4S2. The molecule has 2 aromatic rings. The van der Waals surface area contributed by atoms with Gasteiger partial charge in [-0.05, 0) is 48.4 Å². The van der Waals surface area contributed by atoms with E-state index in [4.69, 9.17) is 0 Å². The van der Waals surface area contributed by atoms with Gasteiger partial charge in [0.05, 0.1) is 4.90 Å². The van der Waals surface area contributed by atoms with Gasteiger partial charge in [-0.15, -0.1) is 11.8 Å². The van der Waals surface area contributed by atoms with Crippen molar-refractivity contribution < 1.29 is 18.3 Å². The van der Waals surface area contributed by atoms with Gasteiger partial charge in [-0.3, -0.25) is 4.79 Å². The number of thioether (sulfide) groups is 1. The predicted molar refractivity (Wildman–Crippen MR) is 114 cm³/mol. The topological polar surface area (TPSA) is 74.7 Å². The Bertz CT molecular complexity index is 1060. The van der Waals surface area contributed by atoms with Crippen molar-refractivity contribution in [2.75, 3.05) is 7.05 Å². The third kappa shape index (κ3) is 3.41. The molecular weight excluding hydrogens is 406 g/mol. The van der Waals surface area contributed by atoms with Gasteiger partial charge in [-0.2, -0.15) is 4.31 Å². The van der Waals surface area contributed by atoms with Crippen LogP contribution < -0.4 is 0 Å². The fourth-order valence-electron chi connectivity index (χ4n) is 4.06. The van der Waals surface area contributed by atoms with Crippen molar-refractivity contribution in [1.29, 1.82) is 0 Å². The van der Waals surface area contributed by atoms with Crippen LogP contribution in [0.5, 0.6) is 0 Å². The average Bonchev–Trinajstić information content (AvgIpc) is 3.35. The smallest absolute Gasteiger partial charge is 0.325 e. The lowest BCUT2D eigenvalue weighted by molar-refractivity contribution is -0.142. The summed E-state index contributed by atoms with van der Waals surface area (Å²) in [4.78, 5) is 12.3. The van der Waals surface area contributed by atoms with Crippen molar-refractivity contribution in [3.05, 3.63) is 76.7 Å².